The number of hydrogen-bond acceptors (Lipinski definition) is 0. The Balaban J connectivity index is 0. The first-order valence-electron chi connectivity index (χ1n) is 0. The minimum Gasteiger partial charge on any atom is -2.00 e. The van der Waals surface area contributed by atoms with Crippen LogP contribution >= 0.6 is 0 Å². The zero-order valence-corrected chi connectivity index (χ0v) is 5.05. The van der Waals surface area contributed by atoms with Crippen LogP contribution in [-0.4, -0.2) is 17.4 Å². The zero-order chi connectivity index (χ0) is 0. The Hall–Kier alpha value is 1.04. The van der Waals surface area contributed by atoms with Gasteiger partial charge in [-0.1, -0.05) is 0 Å². The maximum atomic E-state index is 0. The third-order valence-electron chi connectivity index (χ3n) is 0. The third kappa shape index (κ3) is 43.3. The van der Waals surface area contributed by atoms with Crippen molar-refractivity contribution in [2.45, 2.75) is 0 Å². The molecule has 0 spiro atoms. The molecule has 0 saturated carbocycles. The van der Waals surface area contributed by atoms with Gasteiger partial charge < -0.3 is 16.4 Å². The van der Waals surface area contributed by atoms with Crippen molar-refractivity contribution in [3.05, 3.63) is 0 Å². The predicted octanol–water partition coefficient (Wildman–Crippen LogP) is -0.740. The van der Waals surface area contributed by atoms with Gasteiger partial charge in [0.1, 0.15) is 0 Å². The monoisotopic (exact) mass is 177 g/mol. The molecule has 5 heavy (non-hydrogen) atoms. The second-order valence-electron chi connectivity index (χ2n) is 0. The number of rotatable bonds is 0. The van der Waals surface area contributed by atoms with Crippen molar-refractivity contribution in [1.29, 1.82) is 0 Å². The molecule has 0 aromatic carbocycles. The summed E-state index contributed by atoms with van der Waals surface area (Å²) in [4.78, 5) is 0. The molecule has 0 aromatic heterocycles. The van der Waals surface area contributed by atoms with Crippen molar-refractivity contribution >= 4 is 17.4 Å². The van der Waals surface area contributed by atoms with Crippen molar-refractivity contribution < 1.29 is 35.9 Å². The summed E-state index contributed by atoms with van der Waals surface area (Å²) in [6.07, 6.45) is 0. The van der Waals surface area contributed by atoms with E-state index in [1.807, 2.05) is 0 Å². The molecule has 0 unspecified atom stereocenters. The maximum Gasteiger partial charge on any atom is 3.00 e. The van der Waals surface area contributed by atoms with Gasteiger partial charge in [-0.15, -0.1) is 0 Å². The molecule has 3 nitrogen and oxygen atoms in total. The molecule has 0 aliphatic heterocycles. The van der Waals surface area contributed by atoms with Gasteiger partial charge in [-0.25, -0.2) is 0 Å². The van der Waals surface area contributed by atoms with Crippen molar-refractivity contribution in [2.24, 2.45) is 0 Å². The molecule has 0 aliphatic carbocycles. The smallest absolute Gasteiger partial charge is 2.00 e. The standard InChI is InChI=1S/Al.3O.Ru/q+3;3*-2;+3. The molecule has 0 heterocycles. The van der Waals surface area contributed by atoms with E-state index in [4.69, 9.17) is 0 Å². The van der Waals surface area contributed by atoms with Gasteiger partial charge in [0.05, 0.1) is 0 Å². The average molecular weight is 176 g/mol. The molecular formula is AlO3Ru. The van der Waals surface area contributed by atoms with E-state index in [0.717, 1.165) is 0 Å². The van der Waals surface area contributed by atoms with Crippen molar-refractivity contribution in [2.75, 3.05) is 0 Å². The minimum atomic E-state index is 0. The molecule has 0 rings (SSSR count). The first-order chi connectivity index (χ1) is 0. The van der Waals surface area contributed by atoms with Crippen LogP contribution in [0.2, 0.25) is 0 Å². The Morgan fingerprint density at radius 2 is 0.600 bits per heavy atom. The fourth-order valence-corrected chi connectivity index (χ4v) is 0. The van der Waals surface area contributed by atoms with Gasteiger partial charge >= 0.3 is 36.8 Å². The Morgan fingerprint density at radius 1 is 0.600 bits per heavy atom. The predicted molar refractivity (Wildman–Crippen MR) is 7.81 cm³/mol. The third-order valence-corrected chi connectivity index (χ3v) is 0. The number of hydrogen-bond donors (Lipinski definition) is 0. The van der Waals surface area contributed by atoms with Gasteiger partial charge in [0.2, 0.25) is 0 Å². The van der Waals surface area contributed by atoms with E-state index in [-0.39, 0.29) is 53.3 Å². The van der Waals surface area contributed by atoms with Crippen LogP contribution in [0.25, 0.3) is 0 Å². The minimum absolute atomic E-state index is 0. The quantitative estimate of drug-likeness (QED) is 0.435. The van der Waals surface area contributed by atoms with Crippen LogP contribution in [0.3, 0.4) is 0 Å². The average Bonchev–Trinajstić information content (AvgIpc) is 0. The normalized spacial score (nSPS) is 0. The molecule has 29 valence electrons. The van der Waals surface area contributed by atoms with Crippen LogP contribution in [0, 0.1) is 0 Å². The molecule has 0 amide bonds. The summed E-state index contributed by atoms with van der Waals surface area (Å²) >= 11 is 0. The van der Waals surface area contributed by atoms with Crippen LogP contribution in [0.4, 0.5) is 0 Å². The fraction of sp³-hybridized carbons (Fsp3) is 0. The Kier molecular flexibility index (Phi) is 2180. The Bertz CT molecular complexity index is 6.85. The van der Waals surface area contributed by atoms with Crippen LogP contribution in [0.5, 0.6) is 0 Å². The summed E-state index contributed by atoms with van der Waals surface area (Å²) in [5.41, 5.74) is 0. The fourth-order valence-electron chi connectivity index (χ4n) is 0. The maximum absolute atomic E-state index is 0. The molecule has 0 N–H and O–H groups in total. The van der Waals surface area contributed by atoms with E-state index in [0.29, 0.717) is 0 Å². The van der Waals surface area contributed by atoms with E-state index in [1.165, 1.54) is 0 Å². The summed E-state index contributed by atoms with van der Waals surface area (Å²) in [7, 11) is 0. The van der Waals surface area contributed by atoms with E-state index in [2.05, 4.69) is 0 Å². The van der Waals surface area contributed by atoms with Gasteiger partial charge in [-0.2, -0.15) is 0 Å². The summed E-state index contributed by atoms with van der Waals surface area (Å²) in [6, 6.07) is 0. The van der Waals surface area contributed by atoms with Gasteiger partial charge in [0.15, 0.2) is 0 Å². The summed E-state index contributed by atoms with van der Waals surface area (Å²) in [5.74, 6) is 0. The van der Waals surface area contributed by atoms with Crippen molar-refractivity contribution in [3.63, 3.8) is 0 Å². The first-order valence-corrected chi connectivity index (χ1v) is 0. The van der Waals surface area contributed by atoms with Crippen molar-refractivity contribution in [1.82, 2.24) is 0 Å². The van der Waals surface area contributed by atoms with Crippen LogP contribution < -0.4 is 0 Å². The molecular weight excluding hydrogens is 176 g/mol. The van der Waals surface area contributed by atoms with E-state index in [1.54, 1.807) is 0 Å². The molecule has 5 heteroatoms. The van der Waals surface area contributed by atoms with Crippen LogP contribution in [0.1, 0.15) is 0 Å². The molecule has 0 atom stereocenters. The van der Waals surface area contributed by atoms with Gasteiger partial charge in [0, 0.05) is 0 Å². The summed E-state index contributed by atoms with van der Waals surface area (Å²) in [6.45, 7) is 0. The Labute approximate surface area is 53.6 Å². The van der Waals surface area contributed by atoms with E-state index < -0.39 is 0 Å². The Morgan fingerprint density at radius 3 is 0.600 bits per heavy atom. The molecule has 0 fully saturated rings. The van der Waals surface area contributed by atoms with E-state index in [9.17, 15) is 0 Å². The van der Waals surface area contributed by atoms with Crippen LogP contribution in [-0.2, 0) is 35.9 Å². The molecule has 0 aromatic rings. The summed E-state index contributed by atoms with van der Waals surface area (Å²) < 4.78 is 0. The molecule has 0 saturated heterocycles. The molecule has 0 aliphatic rings. The first kappa shape index (κ1) is 143. The largest absolute Gasteiger partial charge is 3.00 e. The van der Waals surface area contributed by atoms with Gasteiger partial charge in [0.25, 0.3) is 0 Å². The zero-order valence-electron chi connectivity index (χ0n) is 2.16. The second-order valence-corrected chi connectivity index (χ2v) is 0. The molecule has 1 radical (unpaired) electrons. The second kappa shape index (κ2) is 76.4. The topological polar surface area (TPSA) is 85.5 Å². The van der Waals surface area contributed by atoms with Crippen molar-refractivity contribution in [3.8, 4) is 0 Å². The summed E-state index contributed by atoms with van der Waals surface area (Å²) in [5, 5.41) is 0. The molecule has 0 bridgehead atoms. The van der Waals surface area contributed by atoms with Crippen LogP contribution in [0.15, 0.2) is 0 Å². The van der Waals surface area contributed by atoms with E-state index >= 15 is 0 Å². The SMILES string of the molecule is [Al+3].[O-2].[O-2].[O-2].[Ru+3]. The van der Waals surface area contributed by atoms with Gasteiger partial charge in [-0.05, 0) is 0 Å². The van der Waals surface area contributed by atoms with Gasteiger partial charge in [-0.3, -0.25) is 0 Å².